The van der Waals surface area contributed by atoms with Crippen molar-refractivity contribution >= 4 is 28.9 Å². The zero-order valence-electron chi connectivity index (χ0n) is 13.3. The van der Waals surface area contributed by atoms with Crippen LogP contribution in [0.3, 0.4) is 0 Å². The average molecular weight is 329 g/mol. The van der Waals surface area contributed by atoms with E-state index in [0.717, 1.165) is 16.9 Å². The Bertz CT molecular complexity index is 798. The van der Waals surface area contributed by atoms with Crippen molar-refractivity contribution in [2.24, 2.45) is 7.05 Å². The minimum absolute atomic E-state index is 0.150. The summed E-state index contributed by atoms with van der Waals surface area (Å²) in [5.41, 5.74) is 1.99. The highest BCUT2D eigenvalue weighted by molar-refractivity contribution is 6.04. The Morgan fingerprint density at radius 1 is 1.33 bits per heavy atom. The molecule has 1 aromatic carbocycles. The van der Waals surface area contributed by atoms with Crippen LogP contribution in [0.25, 0.3) is 11.0 Å². The molecule has 8 heteroatoms. The molecule has 2 aromatic rings. The van der Waals surface area contributed by atoms with Crippen LogP contribution in [0, 0.1) is 0 Å². The highest BCUT2D eigenvalue weighted by Crippen LogP contribution is 2.14. The highest BCUT2D eigenvalue weighted by Gasteiger charge is 2.29. The van der Waals surface area contributed by atoms with Crippen LogP contribution in [-0.2, 0) is 23.1 Å². The number of hydrogen-bond donors (Lipinski definition) is 3. The van der Waals surface area contributed by atoms with E-state index in [9.17, 15) is 14.4 Å². The Balaban J connectivity index is 1.45. The van der Waals surface area contributed by atoms with E-state index in [-0.39, 0.29) is 24.7 Å². The number of nitrogens with one attached hydrogen (secondary N) is 3. The first-order valence-corrected chi connectivity index (χ1v) is 7.83. The first-order chi connectivity index (χ1) is 11.5. The fraction of sp³-hybridized carbons (Fsp3) is 0.375. The van der Waals surface area contributed by atoms with Crippen molar-refractivity contribution in [3.8, 4) is 0 Å². The molecule has 1 atom stereocenters. The van der Waals surface area contributed by atoms with E-state index >= 15 is 0 Å². The number of urea groups is 1. The first-order valence-electron chi connectivity index (χ1n) is 7.83. The molecule has 4 amide bonds. The SMILES string of the molecule is Cn1c(CCNC(=O)CC[C@@H]2NC(=O)NC2=O)nc2ccccc21. The van der Waals surface area contributed by atoms with E-state index in [1.165, 1.54) is 0 Å². The van der Waals surface area contributed by atoms with Crippen molar-refractivity contribution in [1.29, 1.82) is 0 Å². The molecule has 1 fully saturated rings. The average Bonchev–Trinajstić information content (AvgIpc) is 3.05. The van der Waals surface area contributed by atoms with Gasteiger partial charge in [0, 0.05) is 26.4 Å². The van der Waals surface area contributed by atoms with E-state index in [1.54, 1.807) is 0 Å². The zero-order valence-corrected chi connectivity index (χ0v) is 13.3. The van der Waals surface area contributed by atoms with E-state index in [2.05, 4.69) is 20.9 Å². The highest BCUT2D eigenvalue weighted by atomic mass is 16.2. The predicted molar refractivity (Wildman–Crippen MR) is 87.1 cm³/mol. The lowest BCUT2D eigenvalue weighted by atomic mass is 10.1. The summed E-state index contributed by atoms with van der Waals surface area (Å²) in [4.78, 5) is 38.8. The minimum atomic E-state index is -0.622. The predicted octanol–water partition coefficient (Wildman–Crippen LogP) is 0.220. The van der Waals surface area contributed by atoms with Crippen molar-refractivity contribution in [3.63, 3.8) is 0 Å². The number of nitrogens with zero attached hydrogens (tertiary/aromatic N) is 2. The molecule has 3 rings (SSSR count). The molecule has 0 bridgehead atoms. The molecule has 0 radical (unpaired) electrons. The summed E-state index contributed by atoms with van der Waals surface area (Å²) < 4.78 is 2.01. The van der Waals surface area contributed by atoms with E-state index in [4.69, 9.17) is 0 Å². The van der Waals surface area contributed by atoms with E-state index in [1.807, 2.05) is 35.9 Å². The van der Waals surface area contributed by atoms with Crippen molar-refractivity contribution in [2.75, 3.05) is 6.54 Å². The third-order valence-corrected chi connectivity index (χ3v) is 4.07. The Morgan fingerprint density at radius 3 is 2.83 bits per heavy atom. The third kappa shape index (κ3) is 3.37. The molecule has 0 aliphatic carbocycles. The van der Waals surface area contributed by atoms with Crippen LogP contribution in [0.5, 0.6) is 0 Å². The number of imide groups is 1. The lowest BCUT2D eigenvalue weighted by Crippen LogP contribution is -2.32. The number of aromatic nitrogens is 2. The van der Waals surface area contributed by atoms with Gasteiger partial charge >= 0.3 is 6.03 Å². The fourth-order valence-electron chi connectivity index (χ4n) is 2.76. The lowest BCUT2D eigenvalue weighted by molar-refractivity contribution is -0.122. The molecule has 24 heavy (non-hydrogen) atoms. The van der Waals surface area contributed by atoms with Gasteiger partial charge in [0.05, 0.1) is 11.0 Å². The number of hydrogen-bond acceptors (Lipinski definition) is 4. The Morgan fingerprint density at radius 2 is 2.12 bits per heavy atom. The number of carbonyl (C=O) groups excluding carboxylic acids is 3. The molecule has 1 aliphatic rings. The number of amides is 4. The Labute approximate surface area is 138 Å². The van der Waals surface area contributed by atoms with Gasteiger partial charge in [0.1, 0.15) is 11.9 Å². The summed E-state index contributed by atoms with van der Waals surface area (Å²) in [5, 5.41) is 7.43. The number of imidazole rings is 1. The smallest absolute Gasteiger partial charge is 0.322 e. The van der Waals surface area contributed by atoms with Crippen LogP contribution in [-0.4, -0.2) is 40.0 Å². The second kappa shape index (κ2) is 6.69. The number of rotatable bonds is 6. The van der Waals surface area contributed by atoms with Crippen LogP contribution in [0.1, 0.15) is 18.7 Å². The van der Waals surface area contributed by atoms with Crippen LogP contribution in [0.4, 0.5) is 4.79 Å². The molecular formula is C16H19N5O3. The van der Waals surface area contributed by atoms with Gasteiger partial charge in [0.2, 0.25) is 5.91 Å². The lowest BCUT2D eigenvalue weighted by Gasteiger charge is -2.08. The van der Waals surface area contributed by atoms with Crippen molar-refractivity contribution in [2.45, 2.75) is 25.3 Å². The van der Waals surface area contributed by atoms with Crippen molar-refractivity contribution in [1.82, 2.24) is 25.5 Å². The van der Waals surface area contributed by atoms with Gasteiger partial charge in [-0.3, -0.25) is 14.9 Å². The van der Waals surface area contributed by atoms with Crippen LogP contribution in [0.15, 0.2) is 24.3 Å². The normalized spacial score (nSPS) is 17.0. The summed E-state index contributed by atoms with van der Waals surface area (Å²) >= 11 is 0. The molecule has 126 valence electrons. The topological polar surface area (TPSA) is 105 Å². The molecule has 3 N–H and O–H groups in total. The summed E-state index contributed by atoms with van der Waals surface area (Å²) in [6.07, 6.45) is 1.09. The molecule has 1 aromatic heterocycles. The monoisotopic (exact) mass is 329 g/mol. The third-order valence-electron chi connectivity index (χ3n) is 4.07. The molecular weight excluding hydrogens is 310 g/mol. The molecule has 1 aliphatic heterocycles. The maximum atomic E-state index is 11.9. The number of benzene rings is 1. The maximum absolute atomic E-state index is 11.9. The van der Waals surface area contributed by atoms with E-state index < -0.39 is 12.1 Å². The molecule has 0 saturated carbocycles. The van der Waals surface area contributed by atoms with Crippen LogP contribution in [0.2, 0.25) is 0 Å². The van der Waals surface area contributed by atoms with Gasteiger partial charge in [-0.2, -0.15) is 0 Å². The van der Waals surface area contributed by atoms with Gasteiger partial charge in [-0.25, -0.2) is 9.78 Å². The molecule has 0 unspecified atom stereocenters. The van der Waals surface area contributed by atoms with Gasteiger partial charge in [-0.1, -0.05) is 12.1 Å². The second-order valence-electron chi connectivity index (χ2n) is 5.73. The van der Waals surface area contributed by atoms with Gasteiger partial charge in [0.15, 0.2) is 0 Å². The Kier molecular flexibility index (Phi) is 4.45. The standard InChI is InChI=1S/C16H19N5O3/c1-21-12-5-3-2-4-10(12)18-13(21)8-9-17-14(22)7-6-11-15(23)20-16(24)19-11/h2-5,11H,6-9H2,1H3,(H,17,22)(H2,19,20,23,24)/t11-/m0/s1. The zero-order chi connectivity index (χ0) is 17.1. The molecule has 8 nitrogen and oxygen atoms in total. The summed E-state index contributed by atoms with van der Waals surface area (Å²) in [7, 11) is 1.95. The van der Waals surface area contributed by atoms with Crippen molar-refractivity contribution in [3.05, 3.63) is 30.1 Å². The number of fused-ring (bicyclic) bond motifs is 1. The minimum Gasteiger partial charge on any atom is -0.356 e. The van der Waals surface area contributed by atoms with Gasteiger partial charge < -0.3 is 15.2 Å². The number of carbonyl (C=O) groups is 3. The van der Waals surface area contributed by atoms with Gasteiger partial charge in [-0.05, 0) is 18.6 Å². The van der Waals surface area contributed by atoms with Crippen LogP contribution < -0.4 is 16.0 Å². The summed E-state index contributed by atoms with van der Waals surface area (Å²) in [6.45, 7) is 0.471. The van der Waals surface area contributed by atoms with Crippen LogP contribution >= 0.6 is 0 Å². The van der Waals surface area contributed by atoms with Crippen molar-refractivity contribution < 1.29 is 14.4 Å². The number of para-hydroxylation sites is 2. The molecule has 2 heterocycles. The summed E-state index contributed by atoms with van der Waals surface area (Å²) in [6, 6.07) is 6.74. The largest absolute Gasteiger partial charge is 0.356 e. The maximum Gasteiger partial charge on any atom is 0.322 e. The molecule has 0 spiro atoms. The summed E-state index contributed by atoms with van der Waals surface area (Å²) in [5.74, 6) is 0.370. The fourth-order valence-corrected chi connectivity index (χ4v) is 2.76. The van der Waals surface area contributed by atoms with E-state index in [0.29, 0.717) is 13.0 Å². The number of aryl methyl sites for hydroxylation is 1. The van der Waals surface area contributed by atoms with Gasteiger partial charge in [0.25, 0.3) is 5.91 Å². The second-order valence-corrected chi connectivity index (χ2v) is 5.73. The van der Waals surface area contributed by atoms with Gasteiger partial charge in [-0.15, -0.1) is 0 Å². The Hall–Kier alpha value is -2.90. The quantitative estimate of drug-likeness (QED) is 0.659. The first kappa shape index (κ1) is 16.0. The molecule has 1 saturated heterocycles.